The van der Waals surface area contributed by atoms with Crippen LogP contribution in [0.1, 0.15) is 55.0 Å². The molecule has 40 heavy (non-hydrogen) atoms. The van der Waals surface area contributed by atoms with Gasteiger partial charge in [-0.25, -0.2) is 8.42 Å². The van der Waals surface area contributed by atoms with Crippen LogP contribution in [0.5, 0.6) is 0 Å². The second-order valence-corrected chi connectivity index (χ2v) is 22.8. The van der Waals surface area contributed by atoms with Gasteiger partial charge in [0.15, 0.2) is 0 Å². The molecule has 3 saturated heterocycles. The molecule has 1 aliphatic carbocycles. The van der Waals surface area contributed by atoms with Gasteiger partial charge in [-0.3, -0.25) is 4.90 Å². The number of anilines is 1. The van der Waals surface area contributed by atoms with Gasteiger partial charge in [-0.15, -0.1) is 0 Å². The molecule has 8 rings (SSSR count). The van der Waals surface area contributed by atoms with Crippen LogP contribution in [0.25, 0.3) is 0 Å². The van der Waals surface area contributed by atoms with Crippen molar-refractivity contribution in [2.45, 2.75) is 99.6 Å². The second-order valence-electron chi connectivity index (χ2n) is 15.1. The number of sulfonamides is 1. The van der Waals surface area contributed by atoms with E-state index in [0.29, 0.717) is 12.6 Å². The number of benzene rings is 2. The summed E-state index contributed by atoms with van der Waals surface area (Å²) in [6, 6.07) is 17.2. The largest absolute Gasteiger partial charge is 0.365 e. The molecule has 0 amide bonds. The van der Waals surface area contributed by atoms with Crippen LogP contribution in [-0.2, 0) is 32.0 Å². The highest BCUT2D eigenvalue weighted by Crippen LogP contribution is 2.72. The van der Waals surface area contributed by atoms with E-state index in [0.717, 1.165) is 31.9 Å². The Morgan fingerprint density at radius 2 is 1.73 bits per heavy atom. The van der Waals surface area contributed by atoms with Crippen molar-refractivity contribution < 1.29 is 13.2 Å². The summed E-state index contributed by atoms with van der Waals surface area (Å²) < 4.78 is 37.1. The third kappa shape index (κ3) is 3.02. The van der Waals surface area contributed by atoms with E-state index in [1.165, 1.54) is 27.9 Å². The number of hydrogen-bond acceptors (Lipinski definition) is 5. The normalized spacial score (nSPS) is 38.5. The molecular weight excluding hydrogens is 535 g/mol. The van der Waals surface area contributed by atoms with Gasteiger partial charge in [-0.05, 0) is 67.5 Å². The summed E-state index contributed by atoms with van der Waals surface area (Å²) in [5.41, 5.74) is 6.40. The van der Waals surface area contributed by atoms with Crippen LogP contribution in [-0.4, -0.2) is 75.5 Å². The first kappa shape index (κ1) is 26.0. The van der Waals surface area contributed by atoms with Gasteiger partial charge in [0.1, 0.15) is 12.3 Å². The molecule has 8 heteroatoms. The van der Waals surface area contributed by atoms with E-state index in [2.05, 4.69) is 92.8 Å². The Hall–Kier alpha value is -1.71. The first-order valence-electron chi connectivity index (χ1n) is 15.2. The van der Waals surface area contributed by atoms with E-state index in [4.69, 9.17) is 4.74 Å². The number of ether oxygens (including phenoxy) is 1. The molecule has 0 N–H and O–H groups in total. The molecule has 5 heterocycles. The molecule has 1 unspecified atom stereocenters. The minimum absolute atomic E-state index is 0.124. The van der Waals surface area contributed by atoms with E-state index in [1.54, 1.807) is 0 Å². The van der Waals surface area contributed by atoms with Gasteiger partial charge < -0.3 is 9.64 Å². The Morgan fingerprint density at radius 1 is 1.00 bits per heavy atom. The van der Waals surface area contributed by atoms with E-state index in [1.807, 2.05) is 4.31 Å². The van der Waals surface area contributed by atoms with Gasteiger partial charge in [0.25, 0.3) is 0 Å². The van der Waals surface area contributed by atoms with E-state index >= 15 is 0 Å². The fourth-order valence-corrected chi connectivity index (χ4v) is 14.7. The molecule has 2 spiro atoms. The number of rotatable bonds is 5. The standard InChI is InChI=1S/C32H43N3O3SSi/c1-30(2)28(38-30)27-22-11-9-13-24-26(22)32-14-16-34(27)25-20-21-10-7-8-12-23(21)31(25,32)15-17-35(29(32)33(24)3)39(36,37)18-19-40(4,5)6/h7-13,25,27-29H,14-20H2,1-6H3/t25-,27+,28-,29+,31+,32+/m1/s1. The van der Waals surface area contributed by atoms with Crippen LogP contribution in [0.4, 0.5) is 5.69 Å². The van der Waals surface area contributed by atoms with Gasteiger partial charge in [0.2, 0.25) is 10.0 Å². The topological polar surface area (TPSA) is 56.4 Å². The van der Waals surface area contributed by atoms with Crippen molar-refractivity contribution in [3.8, 4) is 0 Å². The molecule has 214 valence electrons. The molecule has 7 atom stereocenters. The van der Waals surface area contributed by atoms with Crippen LogP contribution in [0.2, 0.25) is 25.7 Å². The smallest absolute Gasteiger partial charge is 0.215 e. The maximum absolute atomic E-state index is 14.3. The molecule has 2 bridgehead atoms. The number of epoxide rings is 1. The predicted molar refractivity (Wildman–Crippen MR) is 162 cm³/mol. The minimum atomic E-state index is -3.43. The number of nitrogens with zero attached hydrogens (tertiary/aromatic N) is 3. The van der Waals surface area contributed by atoms with Crippen molar-refractivity contribution in [2.24, 2.45) is 0 Å². The lowest BCUT2D eigenvalue weighted by Crippen LogP contribution is -2.75. The Labute approximate surface area is 240 Å². The monoisotopic (exact) mass is 577 g/mol. The molecule has 6 aliphatic rings. The molecule has 3 fully saturated rings. The number of hydrogen-bond donors (Lipinski definition) is 0. The lowest BCUT2D eigenvalue weighted by Gasteiger charge is -2.63. The maximum atomic E-state index is 14.3. The Morgan fingerprint density at radius 3 is 2.45 bits per heavy atom. The van der Waals surface area contributed by atoms with Gasteiger partial charge in [-0.2, -0.15) is 4.31 Å². The Bertz CT molecular complexity index is 1540. The first-order valence-corrected chi connectivity index (χ1v) is 20.5. The average Bonchev–Trinajstić information content (AvgIpc) is 3.35. The Kier molecular flexibility index (Phi) is 5.07. The Balaban J connectivity index is 1.39. The summed E-state index contributed by atoms with van der Waals surface area (Å²) in [5.74, 6) is 0.262. The van der Waals surface area contributed by atoms with Crippen molar-refractivity contribution in [2.75, 3.05) is 30.8 Å². The van der Waals surface area contributed by atoms with Crippen LogP contribution < -0.4 is 4.90 Å². The average molecular weight is 578 g/mol. The summed E-state index contributed by atoms with van der Waals surface area (Å²) in [4.78, 5) is 5.17. The SMILES string of the molecule is CN1c2cccc3c2[C@]24CCN([C@@H]3[C@H]3OC3(C)C)[C@@H]3Cc5ccccc5[C@@]32CCN(S(=O)(=O)CC[Si](C)(C)C)[C@H]14. The highest BCUT2D eigenvalue weighted by molar-refractivity contribution is 7.89. The summed E-state index contributed by atoms with van der Waals surface area (Å²) in [7, 11) is -2.79. The summed E-state index contributed by atoms with van der Waals surface area (Å²) >= 11 is 0. The van der Waals surface area contributed by atoms with Crippen molar-refractivity contribution >= 4 is 23.8 Å². The molecule has 2 aromatic rings. The predicted octanol–water partition coefficient (Wildman–Crippen LogP) is 4.87. The fourth-order valence-electron chi connectivity index (χ4n) is 10.0. The zero-order valence-corrected chi connectivity index (χ0v) is 26.6. The number of fused-ring (bicyclic) bond motifs is 1. The zero-order chi connectivity index (χ0) is 28.0. The molecule has 0 radical (unpaired) electrons. The highest BCUT2D eigenvalue weighted by atomic mass is 32.2. The van der Waals surface area contributed by atoms with Gasteiger partial charge in [0.05, 0.1) is 17.4 Å². The maximum Gasteiger partial charge on any atom is 0.215 e. The third-order valence-corrected chi connectivity index (χ3v) is 15.6. The van der Waals surface area contributed by atoms with E-state index in [9.17, 15) is 8.42 Å². The van der Waals surface area contributed by atoms with Crippen LogP contribution >= 0.6 is 0 Å². The van der Waals surface area contributed by atoms with Gasteiger partial charge in [0, 0.05) is 50.8 Å². The molecule has 5 aliphatic heterocycles. The van der Waals surface area contributed by atoms with Gasteiger partial charge >= 0.3 is 0 Å². The highest BCUT2D eigenvalue weighted by Gasteiger charge is 2.77. The van der Waals surface area contributed by atoms with E-state index in [-0.39, 0.29) is 40.5 Å². The van der Waals surface area contributed by atoms with Crippen LogP contribution in [0.15, 0.2) is 42.5 Å². The zero-order valence-electron chi connectivity index (χ0n) is 24.8. The second kappa shape index (κ2) is 7.81. The van der Waals surface area contributed by atoms with Crippen LogP contribution in [0.3, 0.4) is 0 Å². The summed E-state index contributed by atoms with van der Waals surface area (Å²) in [6.07, 6.45) is 2.82. The lowest BCUT2D eigenvalue weighted by molar-refractivity contribution is -0.0600. The third-order valence-electron chi connectivity index (χ3n) is 11.6. The summed E-state index contributed by atoms with van der Waals surface area (Å²) in [5, 5.41) is 0. The quantitative estimate of drug-likeness (QED) is 0.375. The van der Waals surface area contributed by atoms with Crippen molar-refractivity contribution in [1.29, 1.82) is 0 Å². The molecule has 6 nitrogen and oxygen atoms in total. The van der Waals surface area contributed by atoms with Crippen molar-refractivity contribution in [1.82, 2.24) is 9.21 Å². The fraction of sp³-hybridized carbons (Fsp3) is 0.625. The van der Waals surface area contributed by atoms with Crippen molar-refractivity contribution in [3.63, 3.8) is 0 Å². The molecule has 0 aromatic heterocycles. The summed E-state index contributed by atoms with van der Waals surface area (Å²) in [6.45, 7) is 12.8. The molecule has 2 aromatic carbocycles. The van der Waals surface area contributed by atoms with Crippen molar-refractivity contribution in [3.05, 3.63) is 64.7 Å². The number of likely N-dealkylation sites (N-methyl/N-ethyl adjacent to an activating group) is 1. The lowest BCUT2D eigenvalue weighted by atomic mass is 9.49. The van der Waals surface area contributed by atoms with Crippen LogP contribution in [0, 0.1) is 0 Å². The minimum Gasteiger partial charge on any atom is -0.365 e. The van der Waals surface area contributed by atoms with E-state index < -0.39 is 18.1 Å². The molecule has 0 saturated carbocycles. The molecular formula is C32H43N3O3SSi. The first-order chi connectivity index (χ1) is 18.8. The van der Waals surface area contributed by atoms with Gasteiger partial charge in [-0.1, -0.05) is 56.0 Å². The number of piperidine rings is 2.